The molecule has 1 aliphatic rings. The second-order valence-corrected chi connectivity index (χ2v) is 9.62. The van der Waals surface area contributed by atoms with E-state index in [-0.39, 0.29) is 29.7 Å². The first-order chi connectivity index (χ1) is 13.3. The van der Waals surface area contributed by atoms with Crippen molar-refractivity contribution in [3.8, 4) is 0 Å². The molecule has 0 aromatic carbocycles. The second kappa shape index (κ2) is 10.5. The minimum atomic E-state index is -4.29. The Kier molecular flexibility index (Phi) is 9.30. The Labute approximate surface area is 172 Å². The maximum absolute atomic E-state index is 13.0. The number of aliphatic hydroxyl groups excluding tert-OH is 1. The molecule has 1 unspecified atom stereocenters. The SMILES string of the molecule is CCC(CC)O[C@@H]1C=C(P(=O)(O)OC(C)(C)CO)C[C@H](NC(=N)N)[C@H]1NC(C)=O. The molecule has 7 N–H and O–H groups in total. The van der Waals surface area contributed by atoms with E-state index in [1.165, 1.54) is 26.8 Å². The monoisotopic (exact) mass is 434 g/mol. The van der Waals surface area contributed by atoms with Crippen LogP contribution in [-0.2, 0) is 18.6 Å². The van der Waals surface area contributed by atoms with E-state index in [1.54, 1.807) is 0 Å². The fraction of sp³-hybridized carbons (Fsp3) is 0.778. The van der Waals surface area contributed by atoms with Gasteiger partial charge in [-0.3, -0.25) is 19.3 Å². The molecule has 29 heavy (non-hydrogen) atoms. The van der Waals surface area contributed by atoms with E-state index in [4.69, 9.17) is 20.4 Å². The molecule has 0 fully saturated rings. The van der Waals surface area contributed by atoms with Crippen molar-refractivity contribution in [3.05, 3.63) is 11.4 Å². The van der Waals surface area contributed by atoms with Gasteiger partial charge in [0.15, 0.2) is 5.96 Å². The number of hydrogen-bond acceptors (Lipinski definition) is 6. The fourth-order valence-corrected chi connectivity index (χ4v) is 4.77. The van der Waals surface area contributed by atoms with Gasteiger partial charge >= 0.3 is 7.60 Å². The predicted molar refractivity (Wildman–Crippen MR) is 110 cm³/mol. The highest BCUT2D eigenvalue weighted by Crippen LogP contribution is 2.56. The van der Waals surface area contributed by atoms with Gasteiger partial charge in [0.05, 0.1) is 36.5 Å². The third kappa shape index (κ3) is 7.71. The zero-order valence-corrected chi connectivity index (χ0v) is 18.7. The summed E-state index contributed by atoms with van der Waals surface area (Å²) >= 11 is 0. The molecule has 168 valence electrons. The van der Waals surface area contributed by atoms with Crippen LogP contribution in [0.2, 0.25) is 0 Å². The third-order valence-corrected chi connectivity index (χ3v) is 6.46. The Morgan fingerprint density at radius 3 is 2.45 bits per heavy atom. The number of guanidine groups is 1. The smallest absolute Gasteiger partial charge is 0.355 e. The van der Waals surface area contributed by atoms with Crippen LogP contribution in [0.15, 0.2) is 11.4 Å². The topological polar surface area (TPSA) is 167 Å². The number of carbonyl (C=O) groups is 1. The number of rotatable bonds is 10. The first-order valence-corrected chi connectivity index (χ1v) is 11.3. The lowest BCUT2D eigenvalue weighted by Crippen LogP contribution is -2.60. The number of ether oxygens (including phenoxy) is 1. The number of aliphatic hydroxyl groups is 1. The van der Waals surface area contributed by atoms with E-state index in [0.717, 1.165) is 12.8 Å². The van der Waals surface area contributed by atoms with Crippen molar-refractivity contribution in [2.75, 3.05) is 6.61 Å². The maximum Gasteiger partial charge on any atom is 0.355 e. The van der Waals surface area contributed by atoms with Gasteiger partial charge in [0.1, 0.15) is 0 Å². The van der Waals surface area contributed by atoms with Gasteiger partial charge in [-0.2, -0.15) is 0 Å². The zero-order valence-electron chi connectivity index (χ0n) is 17.8. The highest BCUT2D eigenvalue weighted by Gasteiger charge is 2.43. The van der Waals surface area contributed by atoms with Crippen LogP contribution in [-0.4, -0.2) is 58.4 Å². The van der Waals surface area contributed by atoms with Gasteiger partial charge < -0.3 is 31.1 Å². The molecule has 11 heteroatoms. The van der Waals surface area contributed by atoms with E-state index in [9.17, 15) is 19.4 Å². The van der Waals surface area contributed by atoms with Gasteiger partial charge in [0.2, 0.25) is 5.91 Å². The van der Waals surface area contributed by atoms with E-state index in [0.29, 0.717) is 0 Å². The van der Waals surface area contributed by atoms with Crippen molar-refractivity contribution in [1.82, 2.24) is 10.6 Å². The molecule has 0 saturated carbocycles. The average Bonchev–Trinajstić information content (AvgIpc) is 2.60. The second-order valence-electron chi connectivity index (χ2n) is 7.82. The molecule has 1 amide bonds. The Morgan fingerprint density at radius 1 is 1.41 bits per heavy atom. The molecule has 10 nitrogen and oxygen atoms in total. The minimum absolute atomic E-state index is 0.00257. The van der Waals surface area contributed by atoms with Gasteiger partial charge in [0.25, 0.3) is 0 Å². The Bertz CT molecular complexity index is 665. The van der Waals surface area contributed by atoms with Crippen LogP contribution in [0.1, 0.15) is 53.9 Å². The lowest BCUT2D eigenvalue weighted by atomic mass is 9.92. The summed E-state index contributed by atoms with van der Waals surface area (Å²) in [6.45, 7) is 7.85. The molecular weight excluding hydrogens is 399 g/mol. The molecule has 0 heterocycles. The zero-order chi connectivity index (χ0) is 22.4. The van der Waals surface area contributed by atoms with Gasteiger partial charge in [-0.1, -0.05) is 13.8 Å². The number of nitrogens with one attached hydrogen (secondary N) is 3. The lowest BCUT2D eigenvalue weighted by molar-refractivity contribution is -0.121. The summed E-state index contributed by atoms with van der Waals surface area (Å²) in [5.41, 5.74) is 4.27. The molecule has 0 bridgehead atoms. The summed E-state index contributed by atoms with van der Waals surface area (Å²) < 4.78 is 24.4. The van der Waals surface area contributed by atoms with Gasteiger partial charge in [0, 0.05) is 18.7 Å². The molecule has 1 aliphatic carbocycles. The summed E-state index contributed by atoms with van der Waals surface area (Å²) in [6.07, 6.45) is 2.09. The van der Waals surface area contributed by atoms with Crippen LogP contribution in [0, 0.1) is 5.41 Å². The first kappa shape index (κ1) is 25.6. The Balaban J connectivity index is 3.36. The average molecular weight is 434 g/mol. The molecule has 0 spiro atoms. The minimum Gasteiger partial charge on any atom is -0.393 e. The molecule has 0 radical (unpaired) electrons. The van der Waals surface area contributed by atoms with E-state index >= 15 is 0 Å². The van der Waals surface area contributed by atoms with E-state index < -0.39 is 38.0 Å². The molecule has 0 aromatic heterocycles. The molecule has 0 aliphatic heterocycles. The van der Waals surface area contributed by atoms with Gasteiger partial charge in [-0.05, 0) is 32.8 Å². The normalized spacial score (nSPS) is 24.6. The lowest BCUT2D eigenvalue weighted by Gasteiger charge is -2.40. The van der Waals surface area contributed by atoms with Crippen LogP contribution in [0.5, 0.6) is 0 Å². The quantitative estimate of drug-likeness (QED) is 0.169. The Hall–Kier alpha value is -1.45. The van der Waals surface area contributed by atoms with E-state index in [2.05, 4.69) is 10.6 Å². The van der Waals surface area contributed by atoms with Gasteiger partial charge in [-0.15, -0.1) is 0 Å². The molecule has 0 saturated heterocycles. The summed E-state index contributed by atoms with van der Waals surface area (Å²) in [5.74, 6) is -0.637. The summed E-state index contributed by atoms with van der Waals surface area (Å²) in [5, 5.41) is 22.6. The molecule has 4 atom stereocenters. The Morgan fingerprint density at radius 2 is 2.00 bits per heavy atom. The number of hydrogen-bond donors (Lipinski definition) is 6. The largest absolute Gasteiger partial charge is 0.393 e. The van der Waals surface area contributed by atoms with Crippen molar-refractivity contribution in [2.45, 2.75) is 83.8 Å². The number of nitrogens with two attached hydrogens (primary N) is 1. The van der Waals surface area contributed by atoms with Gasteiger partial charge in [-0.25, -0.2) is 0 Å². The standard InChI is InChI=1S/C18H35N4O6P/c1-6-12(7-2)27-15-9-13(29(25,26)28-18(4,5)10-23)8-14(22-17(19)20)16(15)21-11(3)24/h9,12,14-16,23H,6-8,10H2,1-5H3,(H,21,24)(H,25,26)(H4,19,20,22)/t14-,15+,16+/m0/s1. The highest BCUT2D eigenvalue weighted by molar-refractivity contribution is 7.57. The van der Waals surface area contributed by atoms with E-state index in [1.807, 2.05) is 13.8 Å². The van der Waals surface area contributed by atoms with Crippen LogP contribution in [0.25, 0.3) is 0 Å². The maximum atomic E-state index is 13.0. The van der Waals surface area contributed by atoms with Crippen LogP contribution >= 0.6 is 7.60 Å². The summed E-state index contributed by atoms with van der Waals surface area (Å²) in [6, 6.07) is -1.26. The first-order valence-electron chi connectivity index (χ1n) is 9.74. The van der Waals surface area contributed by atoms with Crippen LogP contribution in [0.3, 0.4) is 0 Å². The van der Waals surface area contributed by atoms with Crippen LogP contribution < -0.4 is 16.4 Å². The fourth-order valence-electron chi connectivity index (χ4n) is 3.16. The van der Waals surface area contributed by atoms with Crippen molar-refractivity contribution in [3.63, 3.8) is 0 Å². The van der Waals surface area contributed by atoms with Crippen molar-refractivity contribution < 1.29 is 28.6 Å². The number of amides is 1. The van der Waals surface area contributed by atoms with Crippen molar-refractivity contribution in [1.29, 1.82) is 5.41 Å². The highest BCUT2D eigenvalue weighted by atomic mass is 31.2. The summed E-state index contributed by atoms with van der Waals surface area (Å²) in [7, 11) is -4.29. The predicted octanol–water partition coefficient (Wildman–Crippen LogP) is 1.18. The third-order valence-electron chi connectivity index (χ3n) is 4.66. The molecular formula is C18H35N4O6P. The van der Waals surface area contributed by atoms with Crippen molar-refractivity contribution in [2.24, 2.45) is 5.73 Å². The summed E-state index contributed by atoms with van der Waals surface area (Å²) in [4.78, 5) is 22.4. The molecule has 1 rings (SSSR count). The van der Waals surface area contributed by atoms with Crippen molar-refractivity contribution >= 4 is 19.5 Å². The number of carbonyl (C=O) groups excluding carboxylic acids is 1. The van der Waals surface area contributed by atoms with Crippen LogP contribution in [0.4, 0.5) is 0 Å². The molecule has 0 aromatic rings.